The van der Waals surface area contributed by atoms with Crippen LogP contribution in [0.25, 0.3) is 21.8 Å². The Balaban J connectivity index is 2.16. The summed E-state index contributed by atoms with van der Waals surface area (Å²) in [6.07, 6.45) is 2.35. The van der Waals surface area contributed by atoms with E-state index in [1.165, 1.54) is 17.4 Å². The molecule has 6 heteroatoms. The van der Waals surface area contributed by atoms with Crippen LogP contribution in [-0.2, 0) is 6.42 Å². The maximum atomic E-state index is 10.1. The molecule has 3 rings (SSSR count). The number of aryl methyl sites for hydroxylation is 2. The van der Waals surface area contributed by atoms with Crippen LogP contribution >= 0.6 is 11.3 Å². The van der Waals surface area contributed by atoms with Crippen molar-refractivity contribution in [2.45, 2.75) is 20.3 Å². The van der Waals surface area contributed by atoms with Crippen LogP contribution in [0, 0.1) is 6.92 Å². The van der Waals surface area contributed by atoms with Gasteiger partial charge in [0.15, 0.2) is 0 Å². The number of H-pyrrole nitrogens is 1. The summed E-state index contributed by atoms with van der Waals surface area (Å²) in [7, 11) is 0. The summed E-state index contributed by atoms with van der Waals surface area (Å²) < 4.78 is 0. The standard InChI is InChI=1S/C15H15N3O2S/c1-3-9-4-10(13(20)5-12(9)19)11-6-16-18-14(11)15-17-8(2)7-21-15/h4-7,19-20H,3H2,1-2H3,(H,16,18). The largest absolute Gasteiger partial charge is 0.508 e. The summed E-state index contributed by atoms with van der Waals surface area (Å²) >= 11 is 1.52. The summed E-state index contributed by atoms with van der Waals surface area (Å²) in [5.74, 6) is 0.134. The zero-order chi connectivity index (χ0) is 15.0. The molecule has 0 amide bonds. The molecule has 21 heavy (non-hydrogen) atoms. The van der Waals surface area contributed by atoms with Crippen molar-refractivity contribution >= 4 is 11.3 Å². The molecule has 0 aliphatic rings. The highest BCUT2D eigenvalue weighted by Crippen LogP contribution is 2.39. The van der Waals surface area contributed by atoms with Crippen molar-refractivity contribution in [3.63, 3.8) is 0 Å². The number of hydrogen-bond acceptors (Lipinski definition) is 5. The van der Waals surface area contributed by atoms with Gasteiger partial charge in [-0.3, -0.25) is 5.10 Å². The van der Waals surface area contributed by atoms with Crippen molar-refractivity contribution in [3.8, 4) is 33.3 Å². The van der Waals surface area contributed by atoms with Crippen molar-refractivity contribution in [1.29, 1.82) is 0 Å². The molecule has 0 aliphatic heterocycles. The van der Waals surface area contributed by atoms with Gasteiger partial charge in [0.1, 0.15) is 22.2 Å². The monoisotopic (exact) mass is 301 g/mol. The second-order valence-corrected chi connectivity index (χ2v) is 5.66. The lowest BCUT2D eigenvalue weighted by Crippen LogP contribution is -1.87. The smallest absolute Gasteiger partial charge is 0.142 e. The highest BCUT2D eigenvalue weighted by atomic mass is 32.1. The third kappa shape index (κ3) is 2.38. The molecule has 0 unspecified atom stereocenters. The Kier molecular flexibility index (Phi) is 3.39. The molecular weight excluding hydrogens is 286 g/mol. The van der Waals surface area contributed by atoms with Crippen molar-refractivity contribution in [2.75, 3.05) is 0 Å². The first-order valence-electron chi connectivity index (χ1n) is 6.61. The minimum absolute atomic E-state index is 0.0284. The number of aromatic hydroxyl groups is 2. The highest BCUT2D eigenvalue weighted by Gasteiger charge is 2.17. The fourth-order valence-electron chi connectivity index (χ4n) is 2.24. The van der Waals surface area contributed by atoms with Gasteiger partial charge in [-0.05, 0) is 25.0 Å². The summed E-state index contributed by atoms with van der Waals surface area (Å²) in [5.41, 5.74) is 3.92. The van der Waals surface area contributed by atoms with Gasteiger partial charge in [0.25, 0.3) is 0 Å². The molecule has 0 saturated carbocycles. The third-order valence-corrected chi connectivity index (χ3v) is 4.32. The van der Waals surface area contributed by atoms with Gasteiger partial charge < -0.3 is 10.2 Å². The predicted molar refractivity (Wildman–Crippen MR) is 82.6 cm³/mol. The van der Waals surface area contributed by atoms with Crippen LogP contribution < -0.4 is 0 Å². The van der Waals surface area contributed by atoms with E-state index < -0.39 is 0 Å². The van der Waals surface area contributed by atoms with Crippen LogP contribution in [0.1, 0.15) is 18.2 Å². The van der Waals surface area contributed by atoms with E-state index in [0.29, 0.717) is 12.0 Å². The molecule has 2 heterocycles. The van der Waals surface area contributed by atoms with E-state index in [-0.39, 0.29) is 11.5 Å². The number of aromatic nitrogens is 3. The quantitative estimate of drug-likeness (QED) is 0.691. The van der Waals surface area contributed by atoms with E-state index in [2.05, 4.69) is 15.2 Å². The summed E-state index contributed by atoms with van der Waals surface area (Å²) in [4.78, 5) is 4.45. The molecule has 0 fully saturated rings. The lowest BCUT2D eigenvalue weighted by atomic mass is 10.0. The molecule has 3 N–H and O–H groups in total. The van der Waals surface area contributed by atoms with Crippen LogP contribution in [0.3, 0.4) is 0 Å². The van der Waals surface area contributed by atoms with Crippen LogP contribution in [0.2, 0.25) is 0 Å². The van der Waals surface area contributed by atoms with E-state index in [9.17, 15) is 10.2 Å². The van der Waals surface area contributed by atoms with E-state index in [1.54, 1.807) is 12.3 Å². The number of phenolic OH excluding ortho intramolecular Hbond substituents is 2. The van der Waals surface area contributed by atoms with Crippen LogP contribution in [0.5, 0.6) is 11.5 Å². The number of hydrogen-bond donors (Lipinski definition) is 3. The average Bonchev–Trinajstić information content (AvgIpc) is 3.07. The third-order valence-electron chi connectivity index (χ3n) is 3.34. The number of aromatic amines is 1. The summed E-state index contributed by atoms with van der Waals surface area (Å²) in [6.45, 7) is 3.89. The van der Waals surface area contributed by atoms with Gasteiger partial charge in [-0.1, -0.05) is 6.92 Å². The number of nitrogens with one attached hydrogen (secondary N) is 1. The van der Waals surface area contributed by atoms with E-state index in [4.69, 9.17) is 0 Å². The fraction of sp³-hybridized carbons (Fsp3) is 0.200. The highest BCUT2D eigenvalue weighted by molar-refractivity contribution is 7.13. The normalized spacial score (nSPS) is 11.0. The Hall–Kier alpha value is -2.34. The van der Waals surface area contributed by atoms with Crippen molar-refractivity contribution in [3.05, 3.63) is 35.0 Å². The minimum atomic E-state index is 0.0284. The lowest BCUT2D eigenvalue weighted by molar-refractivity contribution is 0.447. The Labute approximate surface area is 125 Å². The van der Waals surface area contributed by atoms with Gasteiger partial charge >= 0.3 is 0 Å². The predicted octanol–water partition coefficient (Wildman–Crippen LogP) is 3.48. The first kappa shape index (κ1) is 13.6. The Morgan fingerprint density at radius 3 is 2.67 bits per heavy atom. The summed E-state index contributed by atoms with van der Waals surface area (Å²) in [5, 5.41) is 29.7. The van der Waals surface area contributed by atoms with Gasteiger partial charge in [0.05, 0.1) is 6.20 Å². The van der Waals surface area contributed by atoms with Crippen molar-refractivity contribution in [1.82, 2.24) is 15.2 Å². The zero-order valence-corrected chi connectivity index (χ0v) is 12.5. The van der Waals surface area contributed by atoms with Gasteiger partial charge in [-0.25, -0.2) is 4.98 Å². The van der Waals surface area contributed by atoms with E-state index >= 15 is 0 Å². The lowest BCUT2D eigenvalue weighted by Gasteiger charge is -2.08. The molecule has 0 saturated heterocycles. The first-order chi connectivity index (χ1) is 10.1. The van der Waals surface area contributed by atoms with Gasteiger partial charge in [-0.15, -0.1) is 11.3 Å². The molecule has 0 bridgehead atoms. The average molecular weight is 301 g/mol. The maximum absolute atomic E-state index is 10.1. The summed E-state index contributed by atoms with van der Waals surface area (Å²) in [6, 6.07) is 3.16. The topological polar surface area (TPSA) is 82.0 Å². The Morgan fingerprint density at radius 2 is 2.00 bits per heavy atom. The molecule has 0 aliphatic carbocycles. The second kappa shape index (κ2) is 5.21. The van der Waals surface area contributed by atoms with Gasteiger partial charge in [0, 0.05) is 28.3 Å². The maximum Gasteiger partial charge on any atom is 0.142 e. The van der Waals surface area contributed by atoms with Crippen molar-refractivity contribution < 1.29 is 10.2 Å². The number of rotatable bonds is 3. The molecular formula is C15H15N3O2S. The molecule has 0 spiro atoms. The minimum Gasteiger partial charge on any atom is -0.508 e. The number of thiazole rings is 1. The Bertz CT molecular complexity index is 792. The van der Waals surface area contributed by atoms with Crippen LogP contribution in [0.4, 0.5) is 0 Å². The van der Waals surface area contributed by atoms with E-state index in [0.717, 1.165) is 27.5 Å². The van der Waals surface area contributed by atoms with E-state index in [1.807, 2.05) is 19.2 Å². The second-order valence-electron chi connectivity index (χ2n) is 4.80. The number of nitrogens with zero attached hydrogens (tertiary/aromatic N) is 2. The molecule has 1 aromatic carbocycles. The molecule has 0 atom stereocenters. The first-order valence-corrected chi connectivity index (χ1v) is 7.49. The van der Waals surface area contributed by atoms with Crippen LogP contribution in [-0.4, -0.2) is 25.4 Å². The van der Waals surface area contributed by atoms with Crippen molar-refractivity contribution in [2.24, 2.45) is 0 Å². The molecule has 108 valence electrons. The molecule has 2 aromatic heterocycles. The van der Waals surface area contributed by atoms with Gasteiger partial charge in [-0.2, -0.15) is 5.10 Å². The SMILES string of the molecule is CCc1cc(-c2cn[nH]c2-c2nc(C)cs2)c(O)cc1O. The zero-order valence-electron chi connectivity index (χ0n) is 11.7. The molecule has 3 aromatic rings. The molecule has 0 radical (unpaired) electrons. The fourth-order valence-corrected chi connectivity index (χ4v) is 3.05. The van der Waals surface area contributed by atoms with Gasteiger partial charge in [0.2, 0.25) is 0 Å². The number of phenols is 2. The molecule has 5 nitrogen and oxygen atoms in total. The van der Waals surface area contributed by atoms with Crippen LogP contribution in [0.15, 0.2) is 23.7 Å². The Morgan fingerprint density at radius 1 is 1.19 bits per heavy atom. The number of benzene rings is 1.